The van der Waals surface area contributed by atoms with Crippen molar-refractivity contribution in [1.82, 2.24) is 10.3 Å². The Hall–Kier alpha value is -2.11. The molecule has 1 saturated heterocycles. The first kappa shape index (κ1) is 15.2. The molecule has 0 atom stereocenters. The number of nitrogens with one attached hydrogen (secondary N) is 1. The number of para-hydroxylation sites is 1. The molecule has 1 spiro atoms. The summed E-state index contributed by atoms with van der Waals surface area (Å²) in [6, 6.07) is 12.7. The Kier molecular flexibility index (Phi) is 3.64. The van der Waals surface area contributed by atoms with Crippen LogP contribution in [0.4, 0.5) is 5.69 Å². The number of benzene rings is 1. The van der Waals surface area contributed by atoms with E-state index < -0.39 is 0 Å². The van der Waals surface area contributed by atoms with E-state index in [0.717, 1.165) is 50.3 Å². The normalized spacial score (nSPS) is 19.4. The van der Waals surface area contributed by atoms with Crippen LogP contribution >= 0.6 is 11.3 Å². The molecule has 0 radical (unpaired) electrons. The highest BCUT2D eigenvalue weighted by atomic mass is 32.1. The van der Waals surface area contributed by atoms with E-state index in [0.29, 0.717) is 0 Å². The molecule has 0 aliphatic carbocycles. The van der Waals surface area contributed by atoms with Crippen molar-refractivity contribution >= 4 is 27.2 Å². The van der Waals surface area contributed by atoms with Gasteiger partial charge < -0.3 is 15.0 Å². The first-order chi connectivity index (χ1) is 12.3. The number of nitrogens with zero attached hydrogens (tertiary/aromatic N) is 2. The molecule has 1 fully saturated rings. The number of rotatable bonds is 1. The number of ether oxygens (including phenoxy) is 1. The van der Waals surface area contributed by atoms with E-state index in [2.05, 4.69) is 57.0 Å². The molecule has 4 nitrogen and oxygen atoms in total. The maximum Gasteiger partial charge on any atom is 0.125 e. The van der Waals surface area contributed by atoms with E-state index in [4.69, 9.17) is 4.74 Å². The lowest BCUT2D eigenvalue weighted by Crippen LogP contribution is -2.52. The van der Waals surface area contributed by atoms with Crippen LogP contribution in [0.2, 0.25) is 0 Å². The highest BCUT2D eigenvalue weighted by Crippen LogP contribution is 2.36. The Morgan fingerprint density at radius 1 is 1.12 bits per heavy atom. The van der Waals surface area contributed by atoms with Crippen molar-refractivity contribution in [3.8, 4) is 5.75 Å². The van der Waals surface area contributed by atoms with Crippen LogP contribution in [0.1, 0.15) is 18.4 Å². The molecule has 1 aromatic carbocycles. The summed E-state index contributed by atoms with van der Waals surface area (Å²) >= 11 is 1.78. The standard InChI is InChI=1S/C20H21N3OS/c1-2-4-18-15(3-1)13-21-14-20(24-18)7-10-23(11-8-20)17-5-9-22-16-6-12-25-19(16)17/h1-6,9,12,21H,7-8,10-11,13-14H2. The van der Waals surface area contributed by atoms with Crippen LogP contribution in [0.3, 0.4) is 0 Å². The molecule has 0 unspecified atom stereocenters. The summed E-state index contributed by atoms with van der Waals surface area (Å²) in [6.45, 7) is 3.84. The third kappa shape index (κ3) is 2.68. The Morgan fingerprint density at radius 2 is 2.00 bits per heavy atom. The van der Waals surface area contributed by atoms with Gasteiger partial charge in [0.2, 0.25) is 0 Å². The van der Waals surface area contributed by atoms with Crippen molar-refractivity contribution in [3.63, 3.8) is 0 Å². The number of hydrogen-bond acceptors (Lipinski definition) is 5. The Bertz CT molecular complexity index is 899. The van der Waals surface area contributed by atoms with Crippen molar-refractivity contribution < 1.29 is 4.74 Å². The molecule has 0 saturated carbocycles. The van der Waals surface area contributed by atoms with Gasteiger partial charge in [0.25, 0.3) is 0 Å². The van der Waals surface area contributed by atoms with Crippen molar-refractivity contribution in [2.24, 2.45) is 0 Å². The molecule has 2 aliphatic rings. The van der Waals surface area contributed by atoms with Gasteiger partial charge in [-0.05, 0) is 23.6 Å². The highest BCUT2D eigenvalue weighted by Gasteiger charge is 2.38. The summed E-state index contributed by atoms with van der Waals surface area (Å²) in [6.07, 6.45) is 3.99. The Morgan fingerprint density at radius 3 is 2.92 bits per heavy atom. The van der Waals surface area contributed by atoms with E-state index >= 15 is 0 Å². The highest BCUT2D eigenvalue weighted by molar-refractivity contribution is 7.17. The fourth-order valence-electron chi connectivity index (χ4n) is 3.99. The molecule has 5 heteroatoms. The maximum atomic E-state index is 6.54. The van der Waals surface area contributed by atoms with Gasteiger partial charge >= 0.3 is 0 Å². The third-order valence-electron chi connectivity index (χ3n) is 5.40. The average Bonchev–Trinajstić information content (AvgIpc) is 3.05. The number of thiophene rings is 1. The minimum Gasteiger partial charge on any atom is -0.485 e. The first-order valence-electron chi connectivity index (χ1n) is 8.88. The van der Waals surface area contributed by atoms with Gasteiger partial charge in [0.1, 0.15) is 11.4 Å². The van der Waals surface area contributed by atoms with Crippen LogP contribution in [0.25, 0.3) is 10.2 Å². The summed E-state index contributed by atoms with van der Waals surface area (Å²) < 4.78 is 7.84. The summed E-state index contributed by atoms with van der Waals surface area (Å²) in [7, 11) is 0. The zero-order valence-electron chi connectivity index (χ0n) is 14.1. The lowest BCUT2D eigenvalue weighted by atomic mass is 9.90. The van der Waals surface area contributed by atoms with E-state index in [-0.39, 0.29) is 5.60 Å². The molecular formula is C20H21N3OS. The van der Waals surface area contributed by atoms with E-state index in [9.17, 15) is 0 Å². The molecule has 1 N–H and O–H groups in total. The predicted octanol–water partition coefficient (Wildman–Crippen LogP) is 3.82. The lowest BCUT2D eigenvalue weighted by Gasteiger charge is -2.42. The van der Waals surface area contributed by atoms with Crippen LogP contribution in [0.5, 0.6) is 5.75 Å². The summed E-state index contributed by atoms with van der Waals surface area (Å²) in [4.78, 5) is 6.96. The SMILES string of the molecule is c1ccc2c(c1)CNCC1(CCN(c3ccnc4ccsc34)CC1)O2. The quantitative estimate of drug-likeness (QED) is 0.723. The van der Waals surface area contributed by atoms with Gasteiger partial charge in [-0.25, -0.2) is 0 Å². The van der Waals surface area contributed by atoms with E-state index in [1.807, 2.05) is 6.20 Å². The van der Waals surface area contributed by atoms with Gasteiger partial charge in [-0.1, -0.05) is 18.2 Å². The summed E-state index contributed by atoms with van der Waals surface area (Å²) in [5.74, 6) is 1.05. The van der Waals surface area contributed by atoms with Crippen molar-refractivity contribution in [1.29, 1.82) is 0 Å². The molecule has 25 heavy (non-hydrogen) atoms. The fraction of sp³-hybridized carbons (Fsp3) is 0.350. The van der Waals surface area contributed by atoms with Crippen LogP contribution < -0.4 is 15.0 Å². The van der Waals surface area contributed by atoms with Crippen LogP contribution in [-0.2, 0) is 6.54 Å². The minimum atomic E-state index is -0.0926. The van der Waals surface area contributed by atoms with Gasteiger partial charge in [0, 0.05) is 50.8 Å². The number of anilines is 1. The first-order valence-corrected chi connectivity index (χ1v) is 9.76. The molecular weight excluding hydrogens is 330 g/mol. The molecule has 128 valence electrons. The number of piperidine rings is 1. The minimum absolute atomic E-state index is 0.0926. The second-order valence-corrected chi connectivity index (χ2v) is 7.86. The van der Waals surface area contributed by atoms with Crippen LogP contribution in [-0.4, -0.2) is 30.2 Å². The molecule has 5 rings (SSSR count). The summed E-state index contributed by atoms with van der Waals surface area (Å²) in [5.41, 5.74) is 3.59. The van der Waals surface area contributed by atoms with Crippen LogP contribution in [0, 0.1) is 0 Å². The second kappa shape index (κ2) is 6.00. The van der Waals surface area contributed by atoms with Crippen molar-refractivity contribution in [2.45, 2.75) is 25.0 Å². The number of aromatic nitrogens is 1. The van der Waals surface area contributed by atoms with Gasteiger partial charge in [-0.2, -0.15) is 0 Å². The molecule has 2 aromatic heterocycles. The fourth-order valence-corrected chi connectivity index (χ4v) is 4.88. The van der Waals surface area contributed by atoms with Gasteiger partial charge in [0.15, 0.2) is 0 Å². The number of pyridine rings is 1. The zero-order valence-corrected chi connectivity index (χ0v) is 14.9. The predicted molar refractivity (Wildman–Crippen MR) is 103 cm³/mol. The van der Waals surface area contributed by atoms with E-state index in [1.165, 1.54) is 16.0 Å². The van der Waals surface area contributed by atoms with Gasteiger partial charge in [-0.3, -0.25) is 4.98 Å². The largest absolute Gasteiger partial charge is 0.485 e. The average molecular weight is 351 g/mol. The number of hydrogen-bond donors (Lipinski definition) is 1. The van der Waals surface area contributed by atoms with Gasteiger partial charge in [-0.15, -0.1) is 11.3 Å². The molecule has 4 heterocycles. The molecule has 3 aromatic rings. The van der Waals surface area contributed by atoms with E-state index in [1.54, 1.807) is 11.3 Å². The Labute approximate surface area is 151 Å². The molecule has 0 amide bonds. The van der Waals surface area contributed by atoms with Crippen molar-refractivity contribution in [2.75, 3.05) is 24.5 Å². The maximum absolute atomic E-state index is 6.54. The molecule has 2 aliphatic heterocycles. The third-order valence-corrected chi connectivity index (χ3v) is 6.33. The summed E-state index contributed by atoms with van der Waals surface area (Å²) in [5, 5.41) is 5.72. The second-order valence-electron chi connectivity index (χ2n) is 6.95. The topological polar surface area (TPSA) is 37.4 Å². The molecule has 0 bridgehead atoms. The number of fused-ring (bicyclic) bond motifs is 2. The monoisotopic (exact) mass is 351 g/mol. The lowest BCUT2D eigenvalue weighted by molar-refractivity contribution is 0.0483. The zero-order chi connectivity index (χ0) is 16.7. The van der Waals surface area contributed by atoms with Crippen molar-refractivity contribution in [3.05, 3.63) is 53.5 Å². The van der Waals surface area contributed by atoms with Gasteiger partial charge in [0.05, 0.1) is 15.9 Å². The Balaban J connectivity index is 1.38. The van der Waals surface area contributed by atoms with Crippen LogP contribution in [0.15, 0.2) is 48.0 Å². The smallest absolute Gasteiger partial charge is 0.125 e.